The lowest BCUT2D eigenvalue weighted by Crippen LogP contribution is -2.47. The van der Waals surface area contributed by atoms with E-state index in [0.29, 0.717) is 24.4 Å². The van der Waals surface area contributed by atoms with E-state index < -0.39 is 0 Å². The Labute approximate surface area is 149 Å². The number of carbonyl (C=O) groups excluding carboxylic acids is 1. The van der Waals surface area contributed by atoms with Gasteiger partial charge in [-0.05, 0) is 51.3 Å². The molecule has 0 bridgehead atoms. The lowest BCUT2D eigenvalue weighted by atomic mass is 10.0. The van der Waals surface area contributed by atoms with Crippen LogP contribution in [-0.2, 0) is 11.3 Å². The molecule has 0 radical (unpaired) electrons. The molecule has 5 heteroatoms. The second kappa shape index (κ2) is 6.79. The Bertz CT molecular complexity index is 768. The van der Waals surface area contributed by atoms with Gasteiger partial charge in [0.05, 0.1) is 5.69 Å². The number of fused-ring (bicyclic) bond motifs is 1. The van der Waals surface area contributed by atoms with Crippen LogP contribution in [0.25, 0.3) is 5.65 Å². The first-order valence-electron chi connectivity index (χ1n) is 9.64. The van der Waals surface area contributed by atoms with Crippen molar-refractivity contribution in [2.45, 2.75) is 64.6 Å². The summed E-state index contributed by atoms with van der Waals surface area (Å²) in [5.74, 6) is 0.317. The van der Waals surface area contributed by atoms with Gasteiger partial charge in [0.25, 0.3) is 0 Å². The second-order valence-electron chi connectivity index (χ2n) is 7.46. The van der Waals surface area contributed by atoms with Gasteiger partial charge in [0.1, 0.15) is 5.65 Å². The zero-order valence-corrected chi connectivity index (χ0v) is 15.3. The summed E-state index contributed by atoms with van der Waals surface area (Å²) in [6.07, 6.45) is 7.51. The third-order valence-electron chi connectivity index (χ3n) is 5.89. The molecule has 2 aliphatic heterocycles. The highest BCUT2D eigenvalue weighted by Crippen LogP contribution is 2.31. The number of pyridine rings is 1. The standard InChI is InChI=1S/C20H28N4O/c1-3-20(25)23-12-6-9-18(23)17-8-5-11-22(17)13-16-14-24-15(2)7-4-10-19(24)21-16/h4,7,10,14,17-18H,3,5-6,8-9,11-13H2,1-2H3/t17-,18-/m1/s1. The largest absolute Gasteiger partial charge is 0.338 e. The fraction of sp³-hybridized carbons (Fsp3) is 0.600. The number of aryl methyl sites for hydroxylation is 1. The molecule has 4 heterocycles. The monoisotopic (exact) mass is 340 g/mol. The van der Waals surface area contributed by atoms with Gasteiger partial charge >= 0.3 is 0 Å². The van der Waals surface area contributed by atoms with E-state index in [1.807, 2.05) is 6.92 Å². The maximum Gasteiger partial charge on any atom is 0.222 e. The number of nitrogens with zero attached hydrogens (tertiary/aromatic N) is 4. The molecule has 2 fully saturated rings. The number of hydrogen-bond acceptors (Lipinski definition) is 3. The van der Waals surface area contributed by atoms with E-state index in [0.717, 1.165) is 43.8 Å². The molecule has 134 valence electrons. The molecule has 0 aromatic carbocycles. The highest BCUT2D eigenvalue weighted by molar-refractivity contribution is 5.76. The van der Waals surface area contributed by atoms with Gasteiger partial charge in [0.15, 0.2) is 0 Å². The number of amides is 1. The quantitative estimate of drug-likeness (QED) is 0.859. The third-order valence-corrected chi connectivity index (χ3v) is 5.89. The molecule has 25 heavy (non-hydrogen) atoms. The maximum atomic E-state index is 12.3. The number of carbonyl (C=O) groups is 1. The fourth-order valence-corrected chi connectivity index (χ4v) is 4.67. The Hall–Kier alpha value is -1.88. The highest BCUT2D eigenvalue weighted by atomic mass is 16.2. The van der Waals surface area contributed by atoms with Crippen molar-refractivity contribution in [3.63, 3.8) is 0 Å². The fourth-order valence-electron chi connectivity index (χ4n) is 4.67. The zero-order chi connectivity index (χ0) is 17.4. The van der Waals surface area contributed by atoms with E-state index in [1.165, 1.54) is 18.5 Å². The molecule has 2 aliphatic rings. The van der Waals surface area contributed by atoms with E-state index in [9.17, 15) is 4.79 Å². The lowest BCUT2D eigenvalue weighted by Gasteiger charge is -2.34. The summed E-state index contributed by atoms with van der Waals surface area (Å²) in [4.78, 5) is 21.8. The Balaban J connectivity index is 1.53. The van der Waals surface area contributed by atoms with Gasteiger partial charge in [-0.25, -0.2) is 4.98 Å². The molecule has 2 aromatic rings. The van der Waals surface area contributed by atoms with Gasteiger partial charge in [-0.1, -0.05) is 13.0 Å². The molecule has 0 N–H and O–H groups in total. The van der Waals surface area contributed by atoms with Crippen molar-refractivity contribution < 1.29 is 4.79 Å². The number of rotatable bonds is 4. The topological polar surface area (TPSA) is 40.9 Å². The molecular formula is C20H28N4O. The van der Waals surface area contributed by atoms with Crippen LogP contribution in [0.1, 0.15) is 50.4 Å². The summed E-state index contributed by atoms with van der Waals surface area (Å²) in [5.41, 5.74) is 3.37. The summed E-state index contributed by atoms with van der Waals surface area (Å²) in [5, 5.41) is 0. The van der Waals surface area contributed by atoms with Crippen LogP contribution in [-0.4, -0.2) is 50.3 Å². The van der Waals surface area contributed by atoms with Gasteiger partial charge in [-0.2, -0.15) is 0 Å². The summed E-state index contributed by atoms with van der Waals surface area (Å²) in [6, 6.07) is 7.13. The van der Waals surface area contributed by atoms with Crippen molar-refractivity contribution >= 4 is 11.6 Å². The van der Waals surface area contributed by atoms with Gasteiger partial charge in [-0.15, -0.1) is 0 Å². The molecule has 1 amide bonds. The number of imidazole rings is 1. The van der Waals surface area contributed by atoms with Crippen molar-refractivity contribution in [1.82, 2.24) is 19.2 Å². The van der Waals surface area contributed by atoms with Crippen LogP contribution in [0.5, 0.6) is 0 Å². The van der Waals surface area contributed by atoms with E-state index in [2.05, 4.69) is 45.5 Å². The number of likely N-dealkylation sites (tertiary alicyclic amines) is 2. The molecule has 0 aliphatic carbocycles. The predicted octanol–water partition coefficient (Wildman–Crippen LogP) is 3.01. The van der Waals surface area contributed by atoms with Crippen LogP contribution in [0, 0.1) is 6.92 Å². The smallest absolute Gasteiger partial charge is 0.222 e. The summed E-state index contributed by atoms with van der Waals surface area (Å²) >= 11 is 0. The van der Waals surface area contributed by atoms with E-state index in [4.69, 9.17) is 4.98 Å². The van der Waals surface area contributed by atoms with Crippen molar-refractivity contribution in [2.75, 3.05) is 13.1 Å². The van der Waals surface area contributed by atoms with Crippen molar-refractivity contribution in [3.05, 3.63) is 35.8 Å². The Morgan fingerprint density at radius 2 is 2.00 bits per heavy atom. The first kappa shape index (κ1) is 16.6. The molecule has 4 rings (SSSR count). The minimum atomic E-state index is 0.317. The molecule has 0 saturated carbocycles. The van der Waals surface area contributed by atoms with Crippen LogP contribution >= 0.6 is 0 Å². The van der Waals surface area contributed by atoms with E-state index in [1.54, 1.807) is 0 Å². The third kappa shape index (κ3) is 3.06. The maximum absolute atomic E-state index is 12.3. The van der Waals surface area contributed by atoms with Crippen LogP contribution < -0.4 is 0 Å². The number of hydrogen-bond donors (Lipinski definition) is 0. The average molecular weight is 340 g/mol. The molecular weight excluding hydrogens is 312 g/mol. The van der Waals surface area contributed by atoms with Gasteiger partial charge in [0, 0.05) is 43.5 Å². The Kier molecular flexibility index (Phi) is 4.50. The van der Waals surface area contributed by atoms with Gasteiger partial charge in [0.2, 0.25) is 5.91 Å². The second-order valence-corrected chi connectivity index (χ2v) is 7.46. The van der Waals surface area contributed by atoms with Crippen LogP contribution in [0.4, 0.5) is 0 Å². The summed E-state index contributed by atoms with van der Waals surface area (Å²) in [6.45, 7) is 7.03. The molecule has 0 unspecified atom stereocenters. The summed E-state index contributed by atoms with van der Waals surface area (Å²) < 4.78 is 2.17. The zero-order valence-electron chi connectivity index (χ0n) is 15.3. The van der Waals surface area contributed by atoms with E-state index >= 15 is 0 Å². The first-order valence-corrected chi connectivity index (χ1v) is 9.64. The molecule has 2 atom stereocenters. The lowest BCUT2D eigenvalue weighted by molar-refractivity contribution is -0.132. The van der Waals surface area contributed by atoms with Gasteiger partial charge in [-0.3, -0.25) is 9.69 Å². The first-order chi connectivity index (χ1) is 12.2. The predicted molar refractivity (Wildman–Crippen MR) is 98.4 cm³/mol. The van der Waals surface area contributed by atoms with Crippen molar-refractivity contribution in [1.29, 1.82) is 0 Å². The SMILES string of the molecule is CCC(=O)N1CCC[C@@H]1[C@H]1CCCN1Cc1cn2c(C)cccc2n1. The molecule has 2 aromatic heterocycles. The van der Waals surface area contributed by atoms with Gasteiger partial charge < -0.3 is 9.30 Å². The van der Waals surface area contributed by atoms with Crippen molar-refractivity contribution in [3.8, 4) is 0 Å². The highest BCUT2D eigenvalue weighted by Gasteiger charge is 2.39. The average Bonchev–Trinajstić information content (AvgIpc) is 3.33. The minimum absolute atomic E-state index is 0.317. The van der Waals surface area contributed by atoms with Crippen molar-refractivity contribution in [2.24, 2.45) is 0 Å². The van der Waals surface area contributed by atoms with Crippen LogP contribution in [0.15, 0.2) is 24.4 Å². The van der Waals surface area contributed by atoms with E-state index in [-0.39, 0.29) is 0 Å². The Morgan fingerprint density at radius 3 is 2.80 bits per heavy atom. The minimum Gasteiger partial charge on any atom is -0.338 e. The Morgan fingerprint density at radius 1 is 1.20 bits per heavy atom. The molecule has 0 spiro atoms. The van der Waals surface area contributed by atoms with Crippen LogP contribution in [0.3, 0.4) is 0 Å². The molecule has 5 nitrogen and oxygen atoms in total. The summed E-state index contributed by atoms with van der Waals surface area (Å²) in [7, 11) is 0. The van der Waals surface area contributed by atoms with Crippen LogP contribution in [0.2, 0.25) is 0 Å². The normalized spacial score (nSPS) is 24.5. The number of aromatic nitrogens is 2. The molecule has 2 saturated heterocycles.